The molecule has 0 aromatic heterocycles. The van der Waals surface area contributed by atoms with Crippen LogP contribution in [-0.2, 0) is 0 Å². The van der Waals surface area contributed by atoms with Crippen molar-refractivity contribution in [2.24, 2.45) is 0 Å². The molecule has 2 rings (SSSR count). The van der Waals surface area contributed by atoms with Crippen LogP contribution in [0.25, 0.3) is 0 Å². The monoisotopic (exact) mass is 347 g/mol. The molecule has 0 spiro atoms. The fourth-order valence-corrected chi connectivity index (χ4v) is 1.79. The van der Waals surface area contributed by atoms with Gasteiger partial charge in [-0.3, -0.25) is 4.79 Å². The molecule has 1 N–H and O–H groups in total. The number of hydrogen-bond acceptors (Lipinski definition) is 3. The summed E-state index contributed by atoms with van der Waals surface area (Å²) in [5.41, 5.74) is 0.00907. The van der Waals surface area contributed by atoms with Gasteiger partial charge < -0.3 is 14.8 Å². The largest absolute Gasteiger partial charge is 0.573 e. The molecule has 0 heterocycles. The van der Waals surface area contributed by atoms with E-state index < -0.39 is 24.6 Å². The minimum absolute atomic E-state index is 0.145. The van der Waals surface area contributed by atoms with E-state index >= 15 is 0 Å². The van der Waals surface area contributed by atoms with E-state index in [1.54, 1.807) is 0 Å². The van der Waals surface area contributed by atoms with Crippen LogP contribution in [0.2, 0.25) is 0 Å². The van der Waals surface area contributed by atoms with Gasteiger partial charge in [0.15, 0.2) is 0 Å². The van der Waals surface area contributed by atoms with E-state index in [1.807, 2.05) is 0 Å². The average Bonchev–Trinajstić information content (AvgIpc) is 2.47. The topological polar surface area (TPSA) is 47.6 Å². The maximum atomic E-state index is 12.3. The zero-order chi connectivity index (χ0) is 17.7. The maximum Gasteiger partial charge on any atom is 0.573 e. The van der Waals surface area contributed by atoms with Crippen molar-refractivity contribution in [3.8, 4) is 11.5 Å². The summed E-state index contributed by atoms with van der Waals surface area (Å²) in [5.74, 6) is -1.53. The van der Waals surface area contributed by atoms with Crippen LogP contribution in [0.15, 0.2) is 48.5 Å². The summed E-state index contributed by atoms with van der Waals surface area (Å²) in [6.45, 7) is -3.10. The number of carbonyl (C=O) groups is 1. The Morgan fingerprint density at radius 2 is 1.62 bits per heavy atom. The lowest BCUT2D eigenvalue weighted by atomic mass is 10.2. The standard InChI is InChI=1S/C15H10F5NO3/c16-14(17)23-12-4-2-1-3-11(12)13(22)21-9-5-7-10(8-6-9)24-15(18,19)20/h1-8,14H,(H,21,22). The van der Waals surface area contributed by atoms with Crippen LogP contribution in [-0.4, -0.2) is 18.9 Å². The van der Waals surface area contributed by atoms with E-state index in [4.69, 9.17) is 0 Å². The van der Waals surface area contributed by atoms with Crippen LogP contribution in [0.4, 0.5) is 27.6 Å². The van der Waals surface area contributed by atoms with Crippen molar-refractivity contribution in [3.63, 3.8) is 0 Å². The second-order valence-electron chi connectivity index (χ2n) is 4.40. The van der Waals surface area contributed by atoms with Crippen molar-refractivity contribution in [3.05, 3.63) is 54.1 Å². The number of nitrogens with one attached hydrogen (secondary N) is 1. The minimum Gasteiger partial charge on any atom is -0.434 e. The van der Waals surface area contributed by atoms with E-state index in [0.717, 1.165) is 12.1 Å². The van der Waals surface area contributed by atoms with Gasteiger partial charge in [0.05, 0.1) is 5.56 Å². The number of halogens is 5. The molecule has 0 unspecified atom stereocenters. The number of alkyl halides is 5. The number of rotatable bonds is 5. The second kappa shape index (κ2) is 7.16. The Morgan fingerprint density at radius 3 is 2.21 bits per heavy atom. The quantitative estimate of drug-likeness (QED) is 0.814. The molecule has 2 aromatic carbocycles. The van der Waals surface area contributed by atoms with E-state index in [2.05, 4.69) is 14.8 Å². The van der Waals surface area contributed by atoms with Gasteiger partial charge in [0.2, 0.25) is 0 Å². The Morgan fingerprint density at radius 1 is 1.00 bits per heavy atom. The molecule has 128 valence electrons. The van der Waals surface area contributed by atoms with Gasteiger partial charge >= 0.3 is 13.0 Å². The van der Waals surface area contributed by atoms with Gasteiger partial charge in [-0.25, -0.2) is 0 Å². The number of hydrogen-bond donors (Lipinski definition) is 1. The molecule has 4 nitrogen and oxygen atoms in total. The van der Waals surface area contributed by atoms with Crippen molar-refractivity contribution < 1.29 is 36.2 Å². The molecular weight excluding hydrogens is 337 g/mol. The second-order valence-corrected chi connectivity index (χ2v) is 4.40. The summed E-state index contributed by atoms with van der Waals surface area (Å²) in [5, 5.41) is 2.36. The van der Waals surface area contributed by atoms with Crippen molar-refractivity contribution in [2.75, 3.05) is 5.32 Å². The van der Waals surface area contributed by atoms with Crippen molar-refractivity contribution in [2.45, 2.75) is 13.0 Å². The third-order valence-corrected chi connectivity index (χ3v) is 2.69. The molecule has 0 radical (unpaired) electrons. The lowest BCUT2D eigenvalue weighted by Gasteiger charge is -2.12. The number of anilines is 1. The van der Waals surface area contributed by atoms with E-state index in [1.165, 1.54) is 36.4 Å². The first-order valence-electron chi connectivity index (χ1n) is 6.45. The summed E-state index contributed by atoms with van der Waals surface area (Å²) < 4.78 is 68.7. The van der Waals surface area contributed by atoms with Crippen molar-refractivity contribution >= 4 is 11.6 Å². The van der Waals surface area contributed by atoms with Gasteiger partial charge in [-0.15, -0.1) is 13.2 Å². The number of para-hydroxylation sites is 1. The summed E-state index contributed by atoms with van der Waals surface area (Å²) in [7, 11) is 0. The van der Waals surface area contributed by atoms with Crippen molar-refractivity contribution in [1.29, 1.82) is 0 Å². The number of benzene rings is 2. The highest BCUT2D eigenvalue weighted by Crippen LogP contribution is 2.25. The van der Waals surface area contributed by atoms with Crippen LogP contribution in [0, 0.1) is 0 Å². The normalized spacial score (nSPS) is 11.2. The minimum atomic E-state index is -4.82. The molecule has 0 bridgehead atoms. The molecule has 0 saturated heterocycles. The molecule has 9 heteroatoms. The molecule has 0 saturated carbocycles. The van der Waals surface area contributed by atoms with E-state index in [-0.39, 0.29) is 17.0 Å². The van der Waals surface area contributed by atoms with E-state index in [9.17, 15) is 26.7 Å². The van der Waals surface area contributed by atoms with E-state index in [0.29, 0.717) is 0 Å². The molecule has 0 aliphatic rings. The summed E-state index contributed by atoms with van der Waals surface area (Å²) >= 11 is 0. The molecular formula is C15H10F5NO3. The summed E-state index contributed by atoms with van der Waals surface area (Å²) in [4.78, 5) is 12.1. The van der Waals surface area contributed by atoms with Gasteiger partial charge in [-0.2, -0.15) is 8.78 Å². The van der Waals surface area contributed by atoms with Gasteiger partial charge in [-0.05, 0) is 36.4 Å². The molecule has 0 aliphatic heterocycles. The van der Waals surface area contributed by atoms with Crippen LogP contribution in [0.3, 0.4) is 0 Å². The zero-order valence-electron chi connectivity index (χ0n) is 11.8. The van der Waals surface area contributed by atoms with Crippen LogP contribution >= 0.6 is 0 Å². The highest BCUT2D eigenvalue weighted by Gasteiger charge is 2.31. The number of amides is 1. The highest BCUT2D eigenvalue weighted by atomic mass is 19.4. The summed E-state index contributed by atoms with van der Waals surface area (Å²) in [6.07, 6.45) is -4.82. The highest BCUT2D eigenvalue weighted by molar-refractivity contribution is 6.06. The Bertz CT molecular complexity index is 701. The molecule has 2 aromatic rings. The Kier molecular flexibility index (Phi) is 5.22. The smallest absolute Gasteiger partial charge is 0.434 e. The molecule has 1 amide bonds. The first-order valence-corrected chi connectivity index (χ1v) is 6.45. The third-order valence-electron chi connectivity index (χ3n) is 2.69. The fraction of sp³-hybridized carbons (Fsp3) is 0.133. The first kappa shape index (κ1) is 17.5. The fourth-order valence-electron chi connectivity index (χ4n) is 1.79. The van der Waals surface area contributed by atoms with Gasteiger partial charge in [0.25, 0.3) is 5.91 Å². The summed E-state index contributed by atoms with van der Waals surface area (Å²) in [6, 6.07) is 9.70. The SMILES string of the molecule is O=C(Nc1ccc(OC(F)(F)F)cc1)c1ccccc1OC(F)F. The molecule has 0 fully saturated rings. The Hall–Kier alpha value is -2.84. The lowest BCUT2D eigenvalue weighted by molar-refractivity contribution is -0.274. The lowest BCUT2D eigenvalue weighted by Crippen LogP contribution is -2.17. The maximum absolute atomic E-state index is 12.3. The predicted molar refractivity (Wildman–Crippen MR) is 74.2 cm³/mol. The Balaban J connectivity index is 2.10. The average molecular weight is 347 g/mol. The van der Waals surface area contributed by atoms with Crippen LogP contribution in [0.1, 0.15) is 10.4 Å². The zero-order valence-corrected chi connectivity index (χ0v) is 11.8. The Labute approximate surface area is 132 Å². The predicted octanol–water partition coefficient (Wildman–Crippen LogP) is 4.44. The van der Waals surface area contributed by atoms with Crippen molar-refractivity contribution in [1.82, 2.24) is 0 Å². The first-order chi connectivity index (χ1) is 11.2. The number of carbonyl (C=O) groups excluding carboxylic acids is 1. The van der Waals surface area contributed by atoms with Gasteiger partial charge in [0, 0.05) is 5.69 Å². The van der Waals surface area contributed by atoms with Gasteiger partial charge in [-0.1, -0.05) is 12.1 Å². The van der Waals surface area contributed by atoms with Crippen LogP contribution < -0.4 is 14.8 Å². The number of ether oxygens (including phenoxy) is 2. The molecule has 0 atom stereocenters. The molecule has 24 heavy (non-hydrogen) atoms. The molecule has 0 aliphatic carbocycles. The van der Waals surface area contributed by atoms with Gasteiger partial charge in [0.1, 0.15) is 11.5 Å². The van der Waals surface area contributed by atoms with Crippen LogP contribution in [0.5, 0.6) is 11.5 Å². The third kappa shape index (κ3) is 5.11.